The molecule has 0 aromatic heterocycles. The molecule has 116 valence electrons. The van der Waals surface area contributed by atoms with Crippen LogP contribution < -0.4 is 5.32 Å². The number of sulfone groups is 1. The van der Waals surface area contributed by atoms with Gasteiger partial charge in [-0.15, -0.1) is 11.6 Å². The molecule has 1 aliphatic rings. The monoisotopic (exact) mass is 329 g/mol. The average molecular weight is 330 g/mol. The summed E-state index contributed by atoms with van der Waals surface area (Å²) in [7, 11) is -3.15. The van der Waals surface area contributed by atoms with Crippen LogP contribution in [0.5, 0.6) is 0 Å². The molecule has 1 amide bonds. The maximum absolute atomic E-state index is 12.2. The summed E-state index contributed by atoms with van der Waals surface area (Å²) >= 11 is 5.99. The van der Waals surface area contributed by atoms with E-state index in [1.165, 1.54) is 0 Å². The third kappa shape index (κ3) is 3.98. The molecule has 0 radical (unpaired) electrons. The minimum absolute atomic E-state index is 0.0236. The van der Waals surface area contributed by atoms with E-state index in [-0.39, 0.29) is 22.8 Å². The van der Waals surface area contributed by atoms with Crippen LogP contribution in [0.3, 0.4) is 0 Å². The molecule has 0 bridgehead atoms. The normalized spacial score (nSPS) is 24.8. The number of alkyl halides is 1. The van der Waals surface area contributed by atoms with E-state index in [1.54, 1.807) is 12.1 Å². The van der Waals surface area contributed by atoms with Crippen molar-refractivity contribution in [1.82, 2.24) is 5.32 Å². The predicted octanol–water partition coefficient (Wildman–Crippen LogP) is 2.12. The van der Waals surface area contributed by atoms with Gasteiger partial charge in [-0.2, -0.15) is 0 Å². The number of nitrogens with one attached hydrogen (secondary N) is 1. The van der Waals surface area contributed by atoms with E-state index in [1.807, 2.05) is 12.1 Å². The van der Waals surface area contributed by atoms with E-state index >= 15 is 0 Å². The highest BCUT2D eigenvalue weighted by molar-refractivity contribution is 7.91. The Morgan fingerprint density at radius 1 is 1.19 bits per heavy atom. The highest BCUT2D eigenvalue weighted by Crippen LogP contribution is 2.22. The Hall–Kier alpha value is -1.07. The first-order valence-corrected chi connectivity index (χ1v) is 9.10. The summed E-state index contributed by atoms with van der Waals surface area (Å²) in [5, 5.41) is 2.15. The van der Waals surface area contributed by atoms with Gasteiger partial charge in [-0.25, -0.2) is 8.42 Å². The lowest BCUT2D eigenvalue weighted by atomic mass is 9.86. The number of carbonyl (C=O) groups is 1. The third-order valence-electron chi connectivity index (χ3n) is 3.61. The van der Waals surface area contributed by atoms with Crippen molar-refractivity contribution in [2.45, 2.75) is 37.6 Å². The van der Waals surface area contributed by atoms with Gasteiger partial charge >= 0.3 is 0 Å². The lowest BCUT2D eigenvalue weighted by Crippen LogP contribution is -2.40. The molecular formula is C15H20ClNO3S. The first-order valence-electron chi connectivity index (χ1n) is 6.84. The van der Waals surface area contributed by atoms with Gasteiger partial charge in [0.15, 0.2) is 9.84 Å². The summed E-state index contributed by atoms with van der Waals surface area (Å²) in [5.41, 5.74) is 1.67. The second-order valence-corrected chi connectivity index (χ2v) is 9.21. The van der Waals surface area contributed by atoms with Crippen molar-refractivity contribution in [3.05, 3.63) is 35.4 Å². The molecule has 21 heavy (non-hydrogen) atoms. The molecule has 0 aliphatic carbocycles. The summed E-state index contributed by atoms with van der Waals surface area (Å²) in [6, 6.07) is 6.81. The standard InChI is InChI=1S/C15H20ClNO3S/c1-15(2,3)11-6-4-10(5-7-11)14(18)17-13-9-21(19,20)8-12(13)16/h4-7,12-13H,8-9H2,1-3H3,(H,17,18). The highest BCUT2D eigenvalue weighted by atomic mass is 35.5. The second kappa shape index (κ2) is 5.61. The second-order valence-electron chi connectivity index (χ2n) is 6.50. The molecule has 1 aromatic carbocycles. The molecule has 1 aromatic rings. The van der Waals surface area contributed by atoms with E-state index in [0.717, 1.165) is 5.56 Å². The molecule has 1 fully saturated rings. The highest BCUT2D eigenvalue weighted by Gasteiger charge is 2.37. The third-order valence-corrected chi connectivity index (χ3v) is 5.99. The molecule has 0 saturated carbocycles. The van der Waals surface area contributed by atoms with Crippen LogP contribution in [-0.2, 0) is 15.3 Å². The fourth-order valence-corrected chi connectivity index (χ4v) is 4.86. The van der Waals surface area contributed by atoms with Crippen LogP contribution in [0.1, 0.15) is 36.7 Å². The maximum atomic E-state index is 12.2. The van der Waals surface area contributed by atoms with Gasteiger partial charge in [0, 0.05) is 5.56 Å². The van der Waals surface area contributed by atoms with E-state index in [2.05, 4.69) is 26.1 Å². The number of benzene rings is 1. The molecule has 1 heterocycles. The van der Waals surface area contributed by atoms with Crippen molar-refractivity contribution in [3.8, 4) is 0 Å². The molecule has 2 rings (SSSR count). The average Bonchev–Trinajstić information content (AvgIpc) is 2.61. The molecule has 0 spiro atoms. The summed E-state index contributed by atoms with van der Waals surface area (Å²) in [5.74, 6) is -0.460. The zero-order valence-electron chi connectivity index (χ0n) is 12.4. The van der Waals surface area contributed by atoms with Gasteiger partial charge in [-0.05, 0) is 23.1 Å². The van der Waals surface area contributed by atoms with Crippen molar-refractivity contribution in [2.24, 2.45) is 0 Å². The Labute approximate surface area is 130 Å². The van der Waals surface area contributed by atoms with Crippen LogP contribution >= 0.6 is 11.6 Å². The fraction of sp³-hybridized carbons (Fsp3) is 0.533. The van der Waals surface area contributed by atoms with Crippen molar-refractivity contribution in [2.75, 3.05) is 11.5 Å². The topological polar surface area (TPSA) is 63.2 Å². The Kier molecular flexibility index (Phi) is 4.36. The molecule has 2 unspecified atom stereocenters. The first-order chi connectivity index (χ1) is 9.58. The summed E-state index contributed by atoms with van der Waals surface area (Å²) in [6.45, 7) is 6.30. The van der Waals surface area contributed by atoms with Gasteiger partial charge in [0.1, 0.15) is 0 Å². The molecule has 1 N–H and O–H groups in total. The van der Waals surface area contributed by atoms with Crippen LogP contribution in [-0.4, -0.2) is 37.2 Å². The molecule has 4 nitrogen and oxygen atoms in total. The number of rotatable bonds is 2. The first kappa shape index (κ1) is 16.3. The minimum Gasteiger partial charge on any atom is -0.347 e. The zero-order valence-corrected chi connectivity index (χ0v) is 14.0. The van der Waals surface area contributed by atoms with Crippen LogP contribution in [0.4, 0.5) is 0 Å². The van der Waals surface area contributed by atoms with E-state index in [4.69, 9.17) is 11.6 Å². The van der Waals surface area contributed by atoms with Crippen LogP contribution in [0.2, 0.25) is 0 Å². The SMILES string of the molecule is CC(C)(C)c1ccc(C(=O)NC2CS(=O)(=O)CC2Cl)cc1. The van der Waals surface area contributed by atoms with Crippen LogP contribution in [0, 0.1) is 0 Å². The quantitative estimate of drug-likeness (QED) is 0.845. The van der Waals surface area contributed by atoms with Crippen molar-refractivity contribution in [3.63, 3.8) is 0 Å². The van der Waals surface area contributed by atoms with E-state index < -0.39 is 21.3 Å². The van der Waals surface area contributed by atoms with Gasteiger partial charge in [-0.1, -0.05) is 32.9 Å². The predicted molar refractivity (Wildman–Crippen MR) is 84.7 cm³/mol. The Morgan fingerprint density at radius 2 is 1.76 bits per heavy atom. The van der Waals surface area contributed by atoms with Gasteiger partial charge in [0.05, 0.1) is 22.9 Å². The van der Waals surface area contributed by atoms with E-state index in [9.17, 15) is 13.2 Å². The summed E-state index contributed by atoms with van der Waals surface area (Å²) < 4.78 is 23.0. The lowest BCUT2D eigenvalue weighted by Gasteiger charge is -2.19. The Balaban J connectivity index is 2.08. The van der Waals surface area contributed by atoms with E-state index in [0.29, 0.717) is 5.56 Å². The fourth-order valence-electron chi connectivity index (χ4n) is 2.31. The van der Waals surface area contributed by atoms with Crippen LogP contribution in [0.15, 0.2) is 24.3 Å². The molecular weight excluding hydrogens is 310 g/mol. The smallest absolute Gasteiger partial charge is 0.251 e. The number of hydrogen-bond donors (Lipinski definition) is 1. The Bertz CT molecular complexity index is 632. The van der Waals surface area contributed by atoms with Gasteiger partial charge in [-0.3, -0.25) is 4.79 Å². The Morgan fingerprint density at radius 3 is 2.19 bits per heavy atom. The van der Waals surface area contributed by atoms with Gasteiger partial charge < -0.3 is 5.32 Å². The molecule has 1 aliphatic heterocycles. The molecule has 1 saturated heterocycles. The van der Waals surface area contributed by atoms with Crippen molar-refractivity contribution < 1.29 is 13.2 Å². The molecule has 6 heteroatoms. The number of halogens is 1. The van der Waals surface area contributed by atoms with Crippen LogP contribution in [0.25, 0.3) is 0 Å². The summed E-state index contributed by atoms with van der Waals surface area (Å²) in [4.78, 5) is 12.2. The van der Waals surface area contributed by atoms with Gasteiger partial charge in [0.2, 0.25) is 0 Å². The van der Waals surface area contributed by atoms with Crippen molar-refractivity contribution in [1.29, 1.82) is 0 Å². The van der Waals surface area contributed by atoms with Gasteiger partial charge in [0.25, 0.3) is 5.91 Å². The number of amides is 1. The zero-order chi connectivity index (χ0) is 15.8. The van der Waals surface area contributed by atoms with Crippen molar-refractivity contribution >= 4 is 27.3 Å². The molecule has 2 atom stereocenters. The maximum Gasteiger partial charge on any atom is 0.251 e. The minimum atomic E-state index is -3.15. The largest absolute Gasteiger partial charge is 0.347 e. The lowest BCUT2D eigenvalue weighted by molar-refractivity contribution is 0.0941. The number of carbonyl (C=O) groups excluding carboxylic acids is 1. The number of hydrogen-bond acceptors (Lipinski definition) is 3. The summed E-state index contributed by atoms with van der Waals surface area (Å²) in [6.07, 6.45) is 0.